The molecule has 16 heavy (non-hydrogen) atoms. The van der Waals surface area contributed by atoms with E-state index >= 15 is 0 Å². The first-order chi connectivity index (χ1) is 7.72. The van der Waals surface area contributed by atoms with Gasteiger partial charge in [-0.15, -0.1) is 0 Å². The lowest BCUT2D eigenvalue weighted by Gasteiger charge is -2.36. The highest BCUT2D eigenvalue weighted by molar-refractivity contribution is 9.10. The van der Waals surface area contributed by atoms with E-state index in [4.69, 9.17) is 9.47 Å². The van der Waals surface area contributed by atoms with E-state index in [0.717, 1.165) is 10.0 Å². The molecule has 1 aromatic carbocycles. The average molecular weight is 286 g/mol. The number of β-lactam (4-membered cyclic amide) rings is 1. The van der Waals surface area contributed by atoms with Crippen LogP contribution in [0.25, 0.3) is 0 Å². The first-order valence-electron chi connectivity index (χ1n) is 4.89. The van der Waals surface area contributed by atoms with Crippen LogP contribution in [0.1, 0.15) is 11.6 Å². The van der Waals surface area contributed by atoms with Crippen molar-refractivity contribution in [2.45, 2.75) is 12.1 Å². The third-order valence-electron chi connectivity index (χ3n) is 2.45. The van der Waals surface area contributed by atoms with Gasteiger partial charge in [0.1, 0.15) is 6.79 Å². The minimum atomic E-state index is -0.443. The maximum absolute atomic E-state index is 11.3. The first kappa shape index (κ1) is 11.6. The van der Waals surface area contributed by atoms with E-state index in [9.17, 15) is 4.79 Å². The Morgan fingerprint density at radius 1 is 1.38 bits per heavy atom. The van der Waals surface area contributed by atoms with Crippen LogP contribution in [-0.2, 0) is 14.3 Å². The van der Waals surface area contributed by atoms with E-state index in [1.54, 1.807) is 0 Å². The Labute approximate surface area is 102 Å². The van der Waals surface area contributed by atoms with Gasteiger partial charge in [-0.1, -0.05) is 28.1 Å². The van der Waals surface area contributed by atoms with Crippen LogP contribution in [0.5, 0.6) is 0 Å². The number of hydrogen-bond donors (Lipinski definition) is 1. The second kappa shape index (κ2) is 4.95. The minimum Gasteiger partial charge on any atom is -0.359 e. The first-order valence-corrected chi connectivity index (χ1v) is 5.68. The molecule has 86 valence electrons. The highest BCUT2D eigenvalue weighted by Crippen LogP contribution is 2.28. The zero-order chi connectivity index (χ0) is 11.5. The Morgan fingerprint density at radius 3 is 2.62 bits per heavy atom. The largest absolute Gasteiger partial charge is 0.359 e. The van der Waals surface area contributed by atoms with Crippen LogP contribution in [0.2, 0.25) is 0 Å². The van der Waals surface area contributed by atoms with E-state index < -0.39 is 6.10 Å². The maximum atomic E-state index is 11.3. The number of ether oxygens (including phenoxy) is 2. The average Bonchev–Trinajstić information content (AvgIpc) is 2.28. The molecule has 4 nitrogen and oxygen atoms in total. The molecule has 1 aromatic rings. The molecule has 2 rings (SSSR count). The molecule has 0 bridgehead atoms. The number of nitrogens with one attached hydrogen (secondary N) is 1. The van der Waals surface area contributed by atoms with Gasteiger partial charge in [-0.05, 0) is 17.7 Å². The summed E-state index contributed by atoms with van der Waals surface area (Å²) >= 11 is 3.36. The molecule has 1 N–H and O–H groups in total. The van der Waals surface area contributed by atoms with Crippen molar-refractivity contribution >= 4 is 21.8 Å². The summed E-state index contributed by atoms with van der Waals surface area (Å²) in [6.45, 7) is 0.130. The lowest BCUT2D eigenvalue weighted by atomic mass is 9.94. The molecule has 0 aromatic heterocycles. The molecule has 2 atom stereocenters. The van der Waals surface area contributed by atoms with Crippen LogP contribution in [0.15, 0.2) is 28.7 Å². The fourth-order valence-corrected chi connectivity index (χ4v) is 1.87. The van der Waals surface area contributed by atoms with Gasteiger partial charge in [0.15, 0.2) is 6.10 Å². The molecule has 0 saturated carbocycles. The van der Waals surface area contributed by atoms with Gasteiger partial charge in [0.05, 0.1) is 6.04 Å². The number of amides is 1. The van der Waals surface area contributed by atoms with E-state index in [1.807, 2.05) is 24.3 Å². The highest BCUT2D eigenvalue weighted by atomic mass is 79.9. The summed E-state index contributed by atoms with van der Waals surface area (Å²) in [5.74, 6) is -0.0926. The molecular weight excluding hydrogens is 274 g/mol. The van der Waals surface area contributed by atoms with Crippen molar-refractivity contribution < 1.29 is 14.3 Å². The zero-order valence-electron chi connectivity index (χ0n) is 8.77. The SMILES string of the molecule is COCO[C@H]1C(=O)N[C@H]1c1ccc(Br)cc1. The van der Waals surface area contributed by atoms with Gasteiger partial charge in [-0.25, -0.2) is 0 Å². The number of methoxy groups -OCH3 is 1. The van der Waals surface area contributed by atoms with E-state index in [-0.39, 0.29) is 18.7 Å². The Kier molecular flexibility index (Phi) is 3.58. The van der Waals surface area contributed by atoms with E-state index in [1.165, 1.54) is 7.11 Å². The summed E-state index contributed by atoms with van der Waals surface area (Å²) in [6.07, 6.45) is -0.443. The fraction of sp³-hybridized carbons (Fsp3) is 0.364. The summed E-state index contributed by atoms with van der Waals surface area (Å²) in [6, 6.07) is 7.71. The van der Waals surface area contributed by atoms with Crippen molar-refractivity contribution in [2.24, 2.45) is 0 Å². The number of rotatable bonds is 4. The predicted octanol–water partition coefficient (Wildman–Crippen LogP) is 1.61. The standard InChI is InChI=1S/C11H12BrNO3/c1-15-6-16-10-9(13-11(10)14)7-2-4-8(12)5-3-7/h2-5,9-10H,6H2,1H3,(H,13,14)/t9-,10+/m0/s1. The molecule has 1 amide bonds. The Morgan fingerprint density at radius 2 is 2.06 bits per heavy atom. The number of hydrogen-bond acceptors (Lipinski definition) is 3. The Hall–Kier alpha value is -0.910. The molecule has 0 aliphatic carbocycles. The number of benzene rings is 1. The van der Waals surface area contributed by atoms with Crippen LogP contribution in [0.3, 0.4) is 0 Å². The highest BCUT2D eigenvalue weighted by Gasteiger charge is 2.41. The molecule has 1 aliphatic rings. The van der Waals surface area contributed by atoms with Crippen molar-refractivity contribution in [3.8, 4) is 0 Å². The van der Waals surface area contributed by atoms with Crippen molar-refractivity contribution in [3.05, 3.63) is 34.3 Å². The van der Waals surface area contributed by atoms with Crippen molar-refractivity contribution in [2.75, 3.05) is 13.9 Å². The maximum Gasteiger partial charge on any atom is 0.252 e. The van der Waals surface area contributed by atoms with Crippen LogP contribution < -0.4 is 5.32 Å². The van der Waals surface area contributed by atoms with Crippen LogP contribution in [-0.4, -0.2) is 25.9 Å². The minimum absolute atomic E-state index is 0.0734. The van der Waals surface area contributed by atoms with Gasteiger partial charge in [-0.2, -0.15) is 0 Å². The second-order valence-corrected chi connectivity index (χ2v) is 4.45. The topological polar surface area (TPSA) is 47.6 Å². The molecule has 5 heteroatoms. The molecule has 1 heterocycles. The monoisotopic (exact) mass is 285 g/mol. The smallest absolute Gasteiger partial charge is 0.252 e. The summed E-state index contributed by atoms with van der Waals surface area (Å²) < 4.78 is 11.1. The molecule has 0 unspecified atom stereocenters. The van der Waals surface area contributed by atoms with Crippen LogP contribution in [0, 0.1) is 0 Å². The molecule has 0 spiro atoms. The Bertz CT molecular complexity index is 379. The van der Waals surface area contributed by atoms with Gasteiger partial charge in [0.2, 0.25) is 0 Å². The number of carbonyl (C=O) groups is 1. The van der Waals surface area contributed by atoms with Crippen LogP contribution >= 0.6 is 15.9 Å². The van der Waals surface area contributed by atoms with Gasteiger partial charge < -0.3 is 14.8 Å². The summed E-state index contributed by atoms with van der Waals surface area (Å²) in [5, 5.41) is 2.80. The van der Waals surface area contributed by atoms with Gasteiger partial charge >= 0.3 is 0 Å². The van der Waals surface area contributed by atoms with Gasteiger partial charge in [0.25, 0.3) is 5.91 Å². The fourth-order valence-electron chi connectivity index (χ4n) is 1.61. The summed E-state index contributed by atoms with van der Waals surface area (Å²) in [5.41, 5.74) is 1.03. The van der Waals surface area contributed by atoms with E-state index in [0.29, 0.717) is 0 Å². The second-order valence-electron chi connectivity index (χ2n) is 3.53. The van der Waals surface area contributed by atoms with Crippen molar-refractivity contribution in [3.63, 3.8) is 0 Å². The predicted molar refractivity (Wildman–Crippen MR) is 61.8 cm³/mol. The van der Waals surface area contributed by atoms with Gasteiger partial charge in [-0.3, -0.25) is 4.79 Å². The lowest BCUT2D eigenvalue weighted by Crippen LogP contribution is -2.57. The lowest BCUT2D eigenvalue weighted by molar-refractivity contribution is -0.161. The van der Waals surface area contributed by atoms with Crippen LogP contribution in [0.4, 0.5) is 0 Å². The molecule has 0 radical (unpaired) electrons. The molecular formula is C11H12BrNO3. The summed E-state index contributed by atoms with van der Waals surface area (Å²) in [7, 11) is 1.53. The third kappa shape index (κ3) is 2.26. The normalized spacial score (nSPS) is 23.8. The Balaban J connectivity index is 2.04. The zero-order valence-corrected chi connectivity index (χ0v) is 10.4. The number of carbonyl (C=O) groups excluding carboxylic acids is 1. The third-order valence-corrected chi connectivity index (χ3v) is 2.98. The molecule has 1 fully saturated rings. The number of halogens is 1. The van der Waals surface area contributed by atoms with E-state index in [2.05, 4.69) is 21.2 Å². The van der Waals surface area contributed by atoms with Crippen molar-refractivity contribution in [1.29, 1.82) is 0 Å². The molecule has 1 saturated heterocycles. The summed E-state index contributed by atoms with van der Waals surface area (Å²) in [4.78, 5) is 11.3. The van der Waals surface area contributed by atoms with Crippen molar-refractivity contribution in [1.82, 2.24) is 5.32 Å². The quantitative estimate of drug-likeness (QED) is 0.675. The molecule has 1 aliphatic heterocycles. The van der Waals surface area contributed by atoms with Gasteiger partial charge in [0, 0.05) is 11.6 Å².